The van der Waals surface area contributed by atoms with Gasteiger partial charge in [0.1, 0.15) is 11.3 Å². The Hall–Kier alpha value is -3.61. The summed E-state index contributed by atoms with van der Waals surface area (Å²) in [4.78, 5) is 38.2. The number of pyridine rings is 1. The third-order valence-corrected chi connectivity index (χ3v) is 6.38. The minimum Gasteiger partial charge on any atom is -0.506 e. The molecule has 7 nitrogen and oxygen atoms in total. The lowest BCUT2D eigenvalue weighted by Gasteiger charge is -2.26. The summed E-state index contributed by atoms with van der Waals surface area (Å²) in [5.41, 5.74) is 1.61. The fourth-order valence-electron chi connectivity index (χ4n) is 4.68. The Kier molecular flexibility index (Phi) is 7.30. The first-order valence-electron chi connectivity index (χ1n) is 11.9. The number of ether oxygens (including phenoxy) is 1. The first kappa shape index (κ1) is 23.5. The van der Waals surface area contributed by atoms with Crippen LogP contribution in [-0.4, -0.2) is 28.2 Å². The van der Waals surface area contributed by atoms with Crippen molar-refractivity contribution < 1.29 is 19.4 Å². The number of fused-ring (bicyclic) bond motifs is 1. The molecule has 1 heterocycles. The van der Waals surface area contributed by atoms with E-state index in [1.807, 2.05) is 36.4 Å². The van der Waals surface area contributed by atoms with Crippen molar-refractivity contribution in [1.82, 2.24) is 9.88 Å². The van der Waals surface area contributed by atoms with Gasteiger partial charge in [-0.3, -0.25) is 14.4 Å². The highest BCUT2D eigenvalue weighted by molar-refractivity contribution is 6.02. The van der Waals surface area contributed by atoms with Crippen molar-refractivity contribution in [3.63, 3.8) is 0 Å². The Labute approximate surface area is 198 Å². The van der Waals surface area contributed by atoms with E-state index in [2.05, 4.69) is 5.32 Å². The van der Waals surface area contributed by atoms with Crippen LogP contribution in [0.3, 0.4) is 0 Å². The molecule has 0 radical (unpaired) electrons. The van der Waals surface area contributed by atoms with Gasteiger partial charge < -0.3 is 19.7 Å². The summed E-state index contributed by atoms with van der Waals surface area (Å²) < 4.78 is 6.66. The highest BCUT2D eigenvalue weighted by Crippen LogP contribution is 2.33. The second kappa shape index (κ2) is 10.5. The van der Waals surface area contributed by atoms with Crippen molar-refractivity contribution in [3.05, 3.63) is 75.6 Å². The van der Waals surface area contributed by atoms with Crippen molar-refractivity contribution in [2.45, 2.75) is 58.0 Å². The Bertz CT molecular complexity index is 1240. The summed E-state index contributed by atoms with van der Waals surface area (Å²) in [5.74, 6) is -1.17. The summed E-state index contributed by atoms with van der Waals surface area (Å²) in [6, 6.07) is 14.5. The monoisotopic (exact) mass is 462 g/mol. The largest absolute Gasteiger partial charge is 0.506 e. The summed E-state index contributed by atoms with van der Waals surface area (Å²) in [7, 11) is 0. The number of nitrogens with one attached hydrogen (secondary N) is 1. The van der Waals surface area contributed by atoms with Gasteiger partial charge in [-0.2, -0.15) is 0 Å². The zero-order chi connectivity index (χ0) is 24.1. The molecule has 4 rings (SSSR count). The quantitative estimate of drug-likeness (QED) is 0.512. The van der Waals surface area contributed by atoms with Crippen molar-refractivity contribution in [3.8, 4) is 5.75 Å². The third kappa shape index (κ3) is 4.98. The van der Waals surface area contributed by atoms with Crippen LogP contribution in [-0.2, 0) is 22.5 Å². The SMILES string of the molecule is CCOC(=O)Cc1ccc(CNC(=O)c2c(O)c3ccccc3n(C3CCCCC3)c2=O)cc1. The van der Waals surface area contributed by atoms with Crippen molar-refractivity contribution in [2.24, 2.45) is 0 Å². The molecule has 0 saturated heterocycles. The number of aromatic hydroxyl groups is 1. The number of esters is 1. The van der Waals surface area contributed by atoms with Gasteiger partial charge in [0.2, 0.25) is 0 Å². The molecule has 0 unspecified atom stereocenters. The number of amides is 1. The average Bonchev–Trinajstić information content (AvgIpc) is 2.84. The van der Waals surface area contributed by atoms with Crippen LogP contribution in [0.4, 0.5) is 0 Å². The van der Waals surface area contributed by atoms with Gasteiger partial charge >= 0.3 is 5.97 Å². The number of carbonyl (C=O) groups excluding carboxylic acids is 2. The van der Waals surface area contributed by atoms with E-state index in [1.54, 1.807) is 23.6 Å². The molecule has 1 amide bonds. The molecular weight excluding hydrogens is 432 g/mol. The molecule has 0 spiro atoms. The fourth-order valence-corrected chi connectivity index (χ4v) is 4.68. The zero-order valence-corrected chi connectivity index (χ0v) is 19.4. The maximum Gasteiger partial charge on any atom is 0.310 e. The van der Waals surface area contributed by atoms with Crippen LogP contribution in [0.5, 0.6) is 5.75 Å². The van der Waals surface area contributed by atoms with E-state index in [4.69, 9.17) is 4.74 Å². The molecule has 7 heteroatoms. The molecule has 1 saturated carbocycles. The highest BCUT2D eigenvalue weighted by atomic mass is 16.5. The molecule has 0 atom stereocenters. The first-order valence-corrected chi connectivity index (χ1v) is 11.9. The fraction of sp³-hybridized carbons (Fsp3) is 0.370. The summed E-state index contributed by atoms with van der Waals surface area (Å²) in [6.45, 7) is 2.29. The maximum absolute atomic E-state index is 13.5. The van der Waals surface area contributed by atoms with Crippen LogP contribution in [0.15, 0.2) is 53.3 Å². The standard InChI is InChI=1S/C27H30N2O5/c1-2-34-23(30)16-18-12-14-19(15-13-18)17-28-26(32)24-25(31)21-10-6-7-11-22(21)29(27(24)33)20-8-4-3-5-9-20/h6-7,10-15,20,31H,2-5,8-9,16-17H2,1H3,(H,28,32). The second-order valence-corrected chi connectivity index (χ2v) is 8.69. The van der Waals surface area contributed by atoms with Crippen LogP contribution in [0, 0.1) is 0 Å². The lowest BCUT2D eigenvalue weighted by atomic mass is 9.94. The van der Waals surface area contributed by atoms with Crippen molar-refractivity contribution in [2.75, 3.05) is 6.61 Å². The number of aromatic nitrogens is 1. The minimum absolute atomic E-state index is 0.0187. The van der Waals surface area contributed by atoms with Gasteiger partial charge in [-0.25, -0.2) is 0 Å². The summed E-state index contributed by atoms with van der Waals surface area (Å²) in [5, 5.41) is 14.1. The normalized spacial score (nSPS) is 14.1. The van der Waals surface area contributed by atoms with Crippen LogP contribution in [0.25, 0.3) is 10.9 Å². The van der Waals surface area contributed by atoms with Crippen molar-refractivity contribution in [1.29, 1.82) is 0 Å². The minimum atomic E-state index is -0.603. The molecule has 2 aromatic carbocycles. The maximum atomic E-state index is 13.5. The molecule has 2 N–H and O–H groups in total. The number of benzene rings is 2. The first-order chi connectivity index (χ1) is 16.5. The van der Waals surface area contributed by atoms with Crippen LogP contribution in [0.2, 0.25) is 0 Å². The van der Waals surface area contributed by atoms with E-state index < -0.39 is 11.5 Å². The van der Waals surface area contributed by atoms with Gasteiger partial charge in [0, 0.05) is 18.0 Å². The number of hydrogen-bond donors (Lipinski definition) is 2. The van der Waals surface area contributed by atoms with E-state index in [9.17, 15) is 19.5 Å². The number of hydrogen-bond acceptors (Lipinski definition) is 5. The molecule has 1 aliphatic rings. The van der Waals surface area contributed by atoms with Crippen LogP contribution >= 0.6 is 0 Å². The van der Waals surface area contributed by atoms with E-state index >= 15 is 0 Å². The Morgan fingerprint density at radius 1 is 1.03 bits per heavy atom. The lowest BCUT2D eigenvalue weighted by molar-refractivity contribution is -0.142. The topological polar surface area (TPSA) is 97.6 Å². The molecule has 178 valence electrons. The van der Waals surface area contributed by atoms with Gasteiger partial charge in [-0.05, 0) is 43.0 Å². The molecule has 1 aliphatic carbocycles. The van der Waals surface area contributed by atoms with E-state index in [0.29, 0.717) is 17.5 Å². The summed E-state index contributed by atoms with van der Waals surface area (Å²) in [6.07, 6.45) is 5.18. The predicted molar refractivity (Wildman–Crippen MR) is 130 cm³/mol. The van der Waals surface area contributed by atoms with E-state index in [0.717, 1.165) is 43.2 Å². The number of rotatable bonds is 7. The number of nitrogens with zero attached hydrogens (tertiary/aromatic N) is 1. The van der Waals surface area contributed by atoms with Gasteiger partial charge in [0.25, 0.3) is 11.5 Å². The molecule has 3 aromatic rings. The third-order valence-electron chi connectivity index (χ3n) is 6.38. The Morgan fingerprint density at radius 2 is 1.71 bits per heavy atom. The van der Waals surface area contributed by atoms with E-state index in [1.165, 1.54) is 0 Å². The van der Waals surface area contributed by atoms with Gasteiger partial charge in [0.05, 0.1) is 18.5 Å². The Balaban J connectivity index is 1.57. The lowest BCUT2D eigenvalue weighted by Crippen LogP contribution is -2.35. The highest BCUT2D eigenvalue weighted by Gasteiger charge is 2.26. The molecule has 34 heavy (non-hydrogen) atoms. The smallest absolute Gasteiger partial charge is 0.310 e. The Morgan fingerprint density at radius 3 is 2.41 bits per heavy atom. The van der Waals surface area contributed by atoms with Gasteiger partial charge in [-0.15, -0.1) is 0 Å². The van der Waals surface area contributed by atoms with Gasteiger partial charge in [0.15, 0.2) is 0 Å². The molecule has 0 aliphatic heterocycles. The van der Waals surface area contributed by atoms with Crippen molar-refractivity contribution >= 4 is 22.8 Å². The second-order valence-electron chi connectivity index (χ2n) is 8.69. The molecular formula is C27H30N2O5. The number of para-hydroxylation sites is 1. The predicted octanol–water partition coefficient (Wildman–Crippen LogP) is 4.25. The molecule has 1 fully saturated rings. The van der Waals surface area contributed by atoms with Crippen LogP contribution in [0.1, 0.15) is 66.6 Å². The van der Waals surface area contributed by atoms with Gasteiger partial charge in [-0.1, -0.05) is 55.7 Å². The molecule has 0 bridgehead atoms. The molecule has 1 aromatic heterocycles. The zero-order valence-electron chi connectivity index (χ0n) is 19.4. The summed E-state index contributed by atoms with van der Waals surface area (Å²) >= 11 is 0. The number of carbonyl (C=O) groups is 2. The average molecular weight is 463 g/mol. The van der Waals surface area contributed by atoms with Crippen LogP contribution < -0.4 is 10.9 Å². The van der Waals surface area contributed by atoms with E-state index in [-0.39, 0.29) is 36.3 Å².